The monoisotopic (exact) mass is 382 g/mol. The highest BCUT2D eigenvalue weighted by Crippen LogP contribution is 2.29. The normalized spacial score (nSPS) is 25.2. The van der Waals surface area contributed by atoms with E-state index in [0.717, 1.165) is 11.3 Å². The van der Waals surface area contributed by atoms with E-state index in [1.807, 2.05) is 24.3 Å². The van der Waals surface area contributed by atoms with E-state index in [1.54, 1.807) is 25.9 Å². The molecule has 0 N–H and O–H groups in total. The Hall–Kier alpha value is -1.80. The molecule has 2 fully saturated rings. The van der Waals surface area contributed by atoms with Crippen molar-refractivity contribution in [1.82, 2.24) is 9.80 Å². The van der Waals surface area contributed by atoms with Gasteiger partial charge in [-0.25, -0.2) is 13.2 Å². The van der Waals surface area contributed by atoms with Gasteiger partial charge in [-0.05, 0) is 31.5 Å². The molecule has 0 radical (unpaired) electrons. The first-order valence-electron chi connectivity index (χ1n) is 8.84. The van der Waals surface area contributed by atoms with Gasteiger partial charge in [0, 0.05) is 25.7 Å². The molecule has 3 rings (SSSR count). The fraction of sp³-hybridized carbons (Fsp3) is 0.611. The molecule has 2 heterocycles. The topological polar surface area (TPSA) is 76.2 Å². The van der Waals surface area contributed by atoms with Gasteiger partial charge in [0.25, 0.3) is 0 Å². The van der Waals surface area contributed by atoms with Crippen LogP contribution in [0.1, 0.15) is 19.4 Å². The smallest absolute Gasteiger partial charge is 0.410 e. The average Bonchev–Trinajstić information content (AvgIpc) is 2.90. The summed E-state index contributed by atoms with van der Waals surface area (Å²) in [5, 5.41) is 0. The Bertz CT molecular complexity index is 765. The summed E-state index contributed by atoms with van der Waals surface area (Å²) in [4.78, 5) is 16.1. The standard InChI is InChI=1S/C18H26N2O5S/c1-13(2)25-18(21)20-8-7-19(16-11-26(22,23)12-17(16)20)10-14-5-4-6-15(9-14)24-3/h4-6,9,13,16-17H,7-8,10-12H2,1-3H3/t16-,17+/m0/s1. The number of nitrogens with zero attached hydrogens (tertiary/aromatic N) is 2. The van der Waals surface area contributed by atoms with Crippen LogP contribution in [0.4, 0.5) is 4.79 Å². The number of amides is 1. The molecule has 2 aliphatic heterocycles. The van der Waals surface area contributed by atoms with E-state index in [1.165, 1.54) is 0 Å². The molecule has 2 saturated heterocycles. The first-order chi connectivity index (χ1) is 12.3. The Morgan fingerprint density at radius 2 is 1.96 bits per heavy atom. The van der Waals surface area contributed by atoms with Crippen molar-refractivity contribution in [3.8, 4) is 5.75 Å². The minimum atomic E-state index is -3.18. The third-order valence-electron chi connectivity index (χ3n) is 4.88. The van der Waals surface area contributed by atoms with E-state index in [9.17, 15) is 13.2 Å². The lowest BCUT2D eigenvalue weighted by molar-refractivity contribution is 0.0163. The summed E-state index contributed by atoms with van der Waals surface area (Å²) in [6.45, 7) is 5.29. The Kier molecular flexibility index (Phi) is 5.43. The van der Waals surface area contributed by atoms with Gasteiger partial charge in [0.15, 0.2) is 9.84 Å². The lowest BCUT2D eigenvalue weighted by atomic mass is 10.0. The zero-order valence-electron chi connectivity index (χ0n) is 15.4. The number of hydrogen-bond acceptors (Lipinski definition) is 6. The second-order valence-corrected chi connectivity index (χ2v) is 9.31. The average molecular weight is 382 g/mol. The van der Waals surface area contributed by atoms with E-state index in [-0.39, 0.29) is 29.7 Å². The lowest BCUT2D eigenvalue weighted by Crippen LogP contribution is -2.60. The number of carbonyl (C=O) groups excluding carboxylic acids is 1. The van der Waals surface area contributed by atoms with Gasteiger partial charge in [-0.1, -0.05) is 12.1 Å². The number of methoxy groups -OCH3 is 1. The number of rotatable bonds is 4. The molecule has 2 aliphatic rings. The number of fused-ring (bicyclic) bond motifs is 1. The quantitative estimate of drug-likeness (QED) is 0.786. The Morgan fingerprint density at radius 1 is 1.23 bits per heavy atom. The van der Waals surface area contributed by atoms with Crippen LogP contribution in [0.3, 0.4) is 0 Å². The Balaban J connectivity index is 1.79. The van der Waals surface area contributed by atoms with E-state index in [0.29, 0.717) is 19.6 Å². The van der Waals surface area contributed by atoms with Gasteiger partial charge in [0.05, 0.1) is 30.8 Å². The third kappa shape index (κ3) is 4.12. The van der Waals surface area contributed by atoms with Crippen LogP contribution in [0.5, 0.6) is 5.75 Å². The second-order valence-electron chi connectivity index (χ2n) is 7.16. The van der Waals surface area contributed by atoms with Crippen molar-refractivity contribution >= 4 is 15.9 Å². The molecule has 0 unspecified atom stereocenters. The summed E-state index contributed by atoms with van der Waals surface area (Å²) >= 11 is 0. The highest BCUT2D eigenvalue weighted by molar-refractivity contribution is 7.91. The van der Waals surface area contributed by atoms with Crippen LogP contribution >= 0.6 is 0 Å². The van der Waals surface area contributed by atoms with Crippen LogP contribution in [0.25, 0.3) is 0 Å². The molecule has 0 bridgehead atoms. The zero-order valence-corrected chi connectivity index (χ0v) is 16.2. The first-order valence-corrected chi connectivity index (χ1v) is 10.7. The van der Waals surface area contributed by atoms with Gasteiger partial charge in [0.1, 0.15) is 5.75 Å². The SMILES string of the molecule is COc1cccc(CN2CCN(C(=O)OC(C)C)[C@@H]3CS(=O)(=O)C[C@@H]32)c1. The predicted molar refractivity (Wildman–Crippen MR) is 98.0 cm³/mol. The maximum Gasteiger partial charge on any atom is 0.410 e. The van der Waals surface area contributed by atoms with Crippen LogP contribution in [-0.4, -0.2) is 74.2 Å². The summed E-state index contributed by atoms with van der Waals surface area (Å²) < 4.78 is 35.1. The van der Waals surface area contributed by atoms with E-state index in [4.69, 9.17) is 9.47 Å². The number of sulfone groups is 1. The van der Waals surface area contributed by atoms with Gasteiger partial charge in [-0.3, -0.25) is 4.90 Å². The molecule has 0 saturated carbocycles. The molecule has 1 aromatic rings. The molecular formula is C18H26N2O5S. The summed E-state index contributed by atoms with van der Waals surface area (Å²) in [6, 6.07) is 7.20. The summed E-state index contributed by atoms with van der Waals surface area (Å²) in [5.74, 6) is 0.851. The number of carbonyl (C=O) groups is 1. The van der Waals surface area contributed by atoms with Crippen molar-refractivity contribution < 1.29 is 22.7 Å². The molecule has 8 heteroatoms. The number of hydrogen-bond donors (Lipinski definition) is 0. The van der Waals surface area contributed by atoms with Gasteiger partial charge in [-0.2, -0.15) is 0 Å². The molecule has 2 atom stereocenters. The highest BCUT2D eigenvalue weighted by atomic mass is 32.2. The van der Waals surface area contributed by atoms with Crippen molar-refractivity contribution in [2.75, 3.05) is 31.7 Å². The van der Waals surface area contributed by atoms with E-state index < -0.39 is 15.9 Å². The van der Waals surface area contributed by atoms with Crippen molar-refractivity contribution in [3.63, 3.8) is 0 Å². The zero-order chi connectivity index (χ0) is 18.9. The lowest BCUT2D eigenvalue weighted by Gasteiger charge is -2.43. The molecule has 1 aromatic carbocycles. The fourth-order valence-electron chi connectivity index (χ4n) is 3.72. The third-order valence-corrected chi connectivity index (χ3v) is 6.58. The van der Waals surface area contributed by atoms with Crippen LogP contribution in [0.15, 0.2) is 24.3 Å². The van der Waals surface area contributed by atoms with Crippen molar-refractivity contribution in [3.05, 3.63) is 29.8 Å². The summed E-state index contributed by atoms with van der Waals surface area (Å²) in [6.07, 6.45) is -0.651. The predicted octanol–water partition coefficient (Wildman–Crippen LogP) is 1.52. The van der Waals surface area contributed by atoms with E-state index >= 15 is 0 Å². The number of ether oxygens (including phenoxy) is 2. The van der Waals surface area contributed by atoms with Gasteiger partial charge < -0.3 is 14.4 Å². The van der Waals surface area contributed by atoms with Gasteiger partial charge >= 0.3 is 6.09 Å². The highest BCUT2D eigenvalue weighted by Gasteiger charge is 2.48. The summed E-state index contributed by atoms with van der Waals surface area (Å²) in [5.41, 5.74) is 1.06. The van der Waals surface area contributed by atoms with Gasteiger partial charge in [0.2, 0.25) is 0 Å². The maximum atomic E-state index is 12.4. The molecule has 0 aromatic heterocycles. The minimum absolute atomic E-state index is 0.000523. The maximum absolute atomic E-state index is 12.4. The summed E-state index contributed by atoms with van der Waals surface area (Å²) in [7, 11) is -1.55. The van der Waals surface area contributed by atoms with E-state index in [2.05, 4.69) is 4.90 Å². The molecule has 144 valence electrons. The molecule has 7 nitrogen and oxygen atoms in total. The van der Waals surface area contributed by atoms with Crippen molar-refractivity contribution in [2.24, 2.45) is 0 Å². The second kappa shape index (κ2) is 7.44. The number of piperazine rings is 1. The molecular weight excluding hydrogens is 356 g/mol. The van der Waals surface area contributed by atoms with Crippen molar-refractivity contribution in [1.29, 1.82) is 0 Å². The van der Waals surface area contributed by atoms with Crippen LogP contribution < -0.4 is 4.74 Å². The van der Waals surface area contributed by atoms with Crippen LogP contribution in [-0.2, 0) is 21.1 Å². The Morgan fingerprint density at radius 3 is 2.65 bits per heavy atom. The van der Waals surface area contributed by atoms with Crippen LogP contribution in [0.2, 0.25) is 0 Å². The number of benzene rings is 1. The molecule has 0 spiro atoms. The fourth-order valence-corrected chi connectivity index (χ4v) is 5.73. The molecule has 0 aliphatic carbocycles. The van der Waals surface area contributed by atoms with Crippen LogP contribution in [0, 0.1) is 0 Å². The first kappa shape index (κ1) is 19.0. The molecule has 1 amide bonds. The minimum Gasteiger partial charge on any atom is -0.497 e. The van der Waals surface area contributed by atoms with Crippen molar-refractivity contribution in [2.45, 2.75) is 38.6 Å². The largest absolute Gasteiger partial charge is 0.497 e. The van der Waals surface area contributed by atoms with Gasteiger partial charge in [-0.15, -0.1) is 0 Å². The molecule has 26 heavy (non-hydrogen) atoms. The Labute approximate surface area is 154 Å².